The Bertz CT molecular complexity index is 625. The number of aromatic nitrogens is 3. The van der Waals surface area contributed by atoms with E-state index in [1.165, 1.54) is 6.07 Å². The Hall–Kier alpha value is -2.97. The van der Waals surface area contributed by atoms with Crippen LogP contribution in [0.4, 0.5) is 11.5 Å². The SMILES string of the molecule is CNc1ncc([N+](=O)[O-])cc1C(=O)NCc1cn[nH]c1. The van der Waals surface area contributed by atoms with Crippen LogP contribution in [0.2, 0.25) is 0 Å². The van der Waals surface area contributed by atoms with Gasteiger partial charge in [0.1, 0.15) is 12.0 Å². The van der Waals surface area contributed by atoms with Gasteiger partial charge in [0, 0.05) is 31.4 Å². The van der Waals surface area contributed by atoms with Crippen LogP contribution in [0.1, 0.15) is 15.9 Å². The summed E-state index contributed by atoms with van der Waals surface area (Å²) in [5.41, 5.74) is 0.672. The zero-order valence-corrected chi connectivity index (χ0v) is 10.6. The number of hydrogen-bond acceptors (Lipinski definition) is 6. The van der Waals surface area contributed by atoms with Gasteiger partial charge in [-0.05, 0) is 0 Å². The zero-order valence-electron chi connectivity index (χ0n) is 10.6. The number of carbonyl (C=O) groups excluding carboxylic acids is 1. The van der Waals surface area contributed by atoms with Crippen LogP contribution in [0.5, 0.6) is 0 Å². The summed E-state index contributed by atoms with van der Waals surface area (Å²) in [5.74, 6) is -0.174. The fraction of sp³-hybridized carbons (Fsp3) is 0.182. The van der Waals surface area contributed by atoms with Crippen molar-refractivity contribution < 1.29 is 9.72 Å². The Labute approximate surface area is 113 Å². The van der Waals surface area contributed by atoms with Crippen LogP contribution < -0.4 is 10.6 Å². The quantitative estimate of drug-likeness (QED) is 0.544. The molecule has 0 aromatic carbocycles. The van der Waals surface area contributed by atoms with E-state index >= 15 is 0 Å². The van der Waals surface area contributed by atoms with Gasteiger partial charge in [-0.1, -0.05) is 0 Å². The van der Waals surface area contributed by atoms with Crippen molar-refractivity contribution in [3.05, 3.63) is 45.9 Å². The molecule has 104 valence electrons. The van der Waals surface area contributed by atoms with Crippen LogP contribution in [-0.4, -0.2) is 33.1 Å². The molecule has 0 bridgehead atoms. The molecule has 2 heterocycles. The number of nitro groups is 1. The molecule has 2 aromatic rings. The molecule has 2 rings (SSSR count). The minimum Gasteiger partial charge on any atom is -0.372 e. The van der Waals surface area contributed by atoms with Gasteiger partial charge >= 0.3 is 0 Å². The summed E-state index contributed by atoms with van der Waals surface area (Å²) in [4.78, 5) is 26.0. The molecule has 0 spiro atoms. The van der Waals surface area contributed by atoms with E-state index in [2.05, 4.69) is 25.8 Å². The summed E-state index contributed by atoms with van der Waals surface area (Å²) >= 11 is 0. The van der Waals surface area contributed by atoms with Crippen LogP contribution >= 0.6 is 0 Å². The topological polar surface area (TPSA) is 126 Å². The lowest BCUT2D eigenvalue weighted by atomic mass is 10.2. The smallest absolute Gasteiger partial charge is 0.288 e. The highest BCUT2D eigenvalue weighted by Crippen LogP contribution is 2.18. The Morgan fingerprint density at radius 1 is 1.50 bits per heavy atom. The summed E-state index contributed by atoms with van der Waals surface area (Å²) in [5, 5.41) is 22.5. The number of hydrogen-bond donors (Lipinski definition) is 3. The van der Waals surface area contributed by atoms with Crippen molar-refractivity contribution in [2.75, 3.05) is 12.4 Å². The molecule has 9 nitrogen and oxygen atoms in total. The number of aromatic amines is 1. The molecule has 0 unspecified atom stereocenters. The first kappa shape index (κ1) is 13.5. The van der Waals surface area contributed by atoms with E-state index in [0.29, 0.717) is 0 Å². The average molecular weight is 276 g/mol. The molecule has 0 saturated carbocycles. The first-order valence-electron chi connectivity index (χ1n) is 5.70. The molecule has 9 heteroatoms. The summed E-state index contributed by atoms with van der Waals surface area (Å²) in [7, 11) is 1.58. The Balaban J connectivity index is 2.18. The van der Waals surface area contributed by atoms with Crippen molar-refractivity contribution in [3.63, 3.8) is 0 Å². The molecule has 2 aromatic heterocycles. The van der Waals surface area contributed by atoms with Gasteiger partial charge in [0.15, 0.2) is 0 Å². The highest BCUT2D eigenvalue weighted by atomic mass is 16.6. The van der Waals surface area contributed by atoms with Crippen molar-refractivity contribution in [1.82, 2.24) is 20.5 Å². The van der Waals surface area contributed by atoms with Crippen molar-refractivity contribution in [2.24, 2.45) is 0 Å². The number of rotatable bonds is 5. The van der Waals surface area contributed by atoms with Gasteiger partial charge in [-0.25, -0.2) is 4.98 Å². The Kier molecular flexibility index (Phi) is 3.89. The molecule has 0 radical (unpaired) electrons. The van der Waals surface area contributed by atoms with E-state index in [1.807, 2.05) is 0 Å². The normalized spacial score (nSPS) is 10.1. The standard InChI is InChI=1S/C11H12N6O3/c1-12-10-9(2-8(6-13-10)17(19)20)11(18)14-3-7-4-15-16-5-7/h2,4-6H,3H2,1H3,(H,12,13)(H,14,18)(H,15,16). The average Bonchev–Trinajstić information content (AvgIpc) is 2.97. The summed E-state index contributed by atoms with van der Waals surface area (Å²) in [6, 6.07) is 1.18. The Morgan fingerprint density at radius 2 is 2.30 bits per heavy atom. The molecular formula is C11H12N6O3. The molecule has 0 aliphatic heterocycles. The van der Waals surface area contributed by atoms with E-state index in [0.717, 1.165) is 11.8 Å². The van der Waals surface area contributed by atoms with Gasteiger partial charge in [0.25, 0.3) is 11.6 Å². The maximum absolute atomic E-state index is 12.1. The van der Waals surface area contributed by atoms with Gasteiger partial charge in [-0.15, -0.1) is 0 Å². The number of nitrogens with zero attached hydrogens (tertiary/aromatic N) is 3. The van der Waals surface area contributed by atoms with E-state index in [9.17, 15) is 14.9 Å². The largest absolute Gasteiger partial charge is 0.372 e. The third-order valence-electron chi connectivity index (χ3n) is 2.57. The lowest BCUT2D eigenvalue weighted by molar-refractivity contribution is -0.385. The molecule has 0 aliphatic rings. The molecule has 20 heavy (non-hydrogen) atoms. The number of anilines is 1. The molecule has 0 aliphatic carbocycles. The van der Waals surface area contributed by atoms with E-state index in [1.54, 1.807) is 19.4 Å². The van der Waals surface area contributed by atoms with Crippen molar-refractivity contribution in [1.29, 1.82) is 0 Å². The molecular weight excluding hydrogens is 264 g/mol. The lowest BCUT2D eigenvalue weighted by Crippen LogP contribution is -2.24. The number of amides is 1. The Morgan fingerprint density at radius 3 is 2.90 bits per heavy atom. The second-order valence-corrected chi connectivity index (χ2v) is 3.89. The second kappa shape index (κ2) is 5.78. The van der Waals surface area contributed by atoms with Crippen LogP contribution in [0.15, 0.2) is 24.7 Å². The first-order chi connectivity index (χ1) is 9.61. The molecule has 3 N–H and O–H groups in total. The van der Waals surface area contributed by atoms with Gasteiger partial charge in [-0.2, -0.15) is 5.10 Å². The third kappa shape index (κ3) is 2.88. The van der Waals surface area contributed by atoms with E-state index in [4.69, 9.17) is 0 Å². The van der Waals surface area contributed by atoms with E-state index in [-0.39, 0.29) is 23.6 Å². The number of carbonyl (C=O) groups is 1. The third-order valence-corrected chi connectivity index (χ3v) is 2.57. The van der Waals surface area contributed by atoms with E-state index < -0.39 is 10.8 Å². The predicted molar refractivity (Wildman–Crippen MR) is 70.2 cm³/mol. The number of nitrogens with one attached hydrogen (secondary N) is 3. The fourth-order valence-electron chi connectivity index (χ4n) is 1.58. The van der Waals surface area contributed by atoms with Gasteiger partial charge in [0.2, 0.25) is 0 Å². The molecule has 0 fully saturated rings. The van der Waals surface area contributed by atoms with Gasteiger partial charge in [0.05, 0.1) is 16.7 Å². The molecule has 0 atom stereocenters. The highest BCUT2D eigenvalue weighted by Gasteiger charge is 2.17. The second-order valence-electron chi connectivity index (χ2n) is 3.89. The molecule has 0 saturated heterocycles. The highest BCUT2D eigenvalue weighted by molar-refractivity contribution is 5.99. The van der Waals surface area contributed by atoms with Crippen LogP contribution in [0, 0.1) is 10.1 Å². The van der Waals surface area contributed by atoms with Crippen LogP contribution in [0.3, 0.4) is 0 Å². The fourth-order valence-corrected chi connectivity index (χ4v) is 1.58. The summed E-state index contributed by atoms with van der Waals surface area (Å²) in [6.07, 6.45) is 4.31. The maximum Gasteiger partial charge on any atom is 0.288 e. The molecule has 1 amide bonds. The van der Waals surface area contributed by atoms with Crippen LogP contribution in [-0.2, 0) is 6.54 Å². The predicted octanol–water partition coefficient (Wildman–Crippen LogP) is 0.685. The summed E-state index contributed by atoms with van der Waals surface area (Å²) in [6.45, 7) is 0.265. The van der Waals surface area contributed by atoms with Crippen molar-refractivity contribution in [3.8, 4) is 0 Å². The van der Waals surface area contributed by atoms with Crippen molar-refractivity contribution in [2.45, 2.75) is 6.54 Å². The van der Waals surface area contributed by atoms with Crippen LogP contribution in [0.25, 0.3) is 0 Å². The maximum atomic E-state index is 12.1. The monoisotopic (exact) mass is 276 g/mol. The summed E-state index contributed by atoms with van der Waals surface area (Å²) < 4.78 is 0. The minimum atomic E-state index is -0.598. The lowest BCUT2D eigenvalue weighted by Gasteiger charge is -2.08. The minimum absolute atomic E-state index is 0.116. The van der Waals surface area contributed by atoms with Gasteiger partial charge in [-0.3, -0.25) is 20.0 Å². The zero-order chi connectivity index (χ0) is 14.5. The van der Waals surface area contributed by atoms with Crippen molar-refractivity contribution >= 4 is 17.4 Å². The first-order valence-corrected chi connectivity index (χ1v) is 5.70. The number of pyridine rings is 1. The van der Waals surface area contributed by atoms with Gasteiger partial charge < -0.3 is 10.6 Å². The number of H-pyrrole nitrogens is 1.